The number of allylic oxidation sites excluding steroid dienone is 6. The third kappa shape index (κ3) is 38.5. The summed E-state index contributed by atoms with van der Waals surface area (Å²) in [5.41, 5.74) is 0. The van der Waals surface area contributed by atoms with E-state index in [-0.39, 0.29) is 31.6 Å². The van der Waals surface area contributed by atoms with Crippen molar-refractivity contribution in [3.8, 4) is 0 Å². The van der Waals surface area contributed by atoms with Crippen molar-refractivity contribution in [3.63, 3.8) is 0 Å². The highest BCUT2D eigenvalue weighted by atomic mass is 16.6. The zero-order chi connectivity index (χ0) is 35.9. The van der Waals surface area contributed by atoms with Crippen LogP contribution in [-0.4, -0.2) is 47.6 Å². The van der Waals surface area contributed by atoms with E-state index in [1.54, 1.807) is 6.08 Å². The Hall–Kier alpha value is -2.18. The van der Waals surface area contributed by atoms with Crippen molar-refractivity contribution in [2.75, 3.05) is 13.2 Å². The Kier molecular flexibility index (Phi) is 36.9. The summed E-state index contributed by atoms with van der Waals surface area (Å²) in [6.45, 7) is 4.15. The van der Waals surface area contributed by atoms with Gasteiger partial charge in [0.15, 0.2) is 0 Å². The van der Waals surface area contributed by atoms with Gasteiger partial charge in [-0.2, -0.15) is 0 Å². The normalized spacial score (nSPS) is 13.3. The van der Waals surface area contributed by atoms with Gasteiger partial charge < -0.3 is 19.7 Å². The zero-order valence-electron chi connectivity index (χ0n) is 31.8. The third-order valence-electron chi connectivity index (χ3n) is 8.65. The molecular formula is C43H76O6. The minimum Gasteiger partial charge on any atom is -0.463 e. The largest absolute Gasteiger partial charge is 0.463 e. The Labute approximate surface area is 301 Å². The molecule has 0 bridgehead atoms. The fourth-order valence-electron chi connectivity index (χ4n) is 5.51. The minimum absolute atomic E-state index is 0.155. The molecule has 0 aromatic heterocycles. The molecule has 0 aromatic carbocycles. The Morgan fingerprint density at radius 1 is 0.510 bits per heavy atom. The van der Waals surface area contributed by atoms with Crippen LogP contribution in [0.15, 0.2) is 48.6 Å². The zero-order valence-corrected chi connectivity index (χ0v) is 31.8. The van der Waals surface area contributed by atoms with E-state index in [9.17, 15) is 19.8 Å². The van der Waals surface area contributed by atoms with Crippen LogP contribution in [-0.2, 0) is 19.1 Å². The van der Waals surface area contributed by atoms with Crippen LogP contribution in [0, 0.1) is 0 Å². The molecule has 6 nitrogen and oxygen atoms in total. The summed E-state index contributed by atoms with van der Waals surface area (Å²) >= 11 is 0. The second-order valence-electron chi connectivity index (χ2n) is 13.6. The number of carbonyl (C=O) groups excluding carboxylic acids is 2. The van der Waals surface area contributed by atoms with Crippen molar-refractivity contribution >= 4 is 11.9 Å². The summed E-state index contributed by atoms with van der Waals surface area (Å²) < 4.78 is 10.3. The maximum atomic E-state index is 12.0. The lowest BCUT2D eigenvalue weighted by Crippen LogP contribution is -2.25. The van der Waals surface area contributed by atoms with Crippen LogP contribution in [0.2, 0.25) is 0 Å². The van der Waals surface area contributed by atoms with Gasteiger partial charge in [0, 0.05) is 12.8 Å². The first kappa shape index (κ1) is 46.8. The lowest BCUT2D eigenvalue weighted by atomic mass is 10.0. The van der Waals surface area contributed by atoms with E-state index in [0.717, 1.165) is 32.1 Å². The predicted molar refractivity (Wildman–Crippen MR) is 206 cm³/mol. The maximum Gasteiger partial charge on any atom is 0.305 e. The predicted octanol–water partition coefficient (Wildman–Crippen LogP) is 11.6. The first-order valence-corrected chi connectivity index (χ1v) is 20.3. The Balaban J connectivity index is 3.59. The molecule has 0 saturated heterocycles. The molecule has 0 radical (unpaired) electrons. The molecule has 6 heteroatoms. The molecule has 0 rings (SSSR count). The summed E-state index contributed by atoms with van der Waals surface area (Å²) in [5.74, 6) is -0.687. The molecule has 0 saturated carbocycles. The summed E-state index contributed by atoms with van der Waals surface area (Å²) in [6.07, 6.45) is 44.8. The molecule has 0 fully saturated rings. The molecule has 0 amide bonds. The van der Waals surface area contributed by atoms with E-state index in [0.29, 0.717) is 25.7 Å². The average molecular weight is 689 g/mol. The van der Waals surface area contributed by atoms with Gasteiger partial charge >= 0.3 is 11.9 Å². The van der Waals surface area contributed by atoms with Gasteiger partial charge in [0.1, 0.15) is 19.3 Å². The monoisotopic (exact) mass is 689 g/mol. The second-order valence-corrected chi connectivity index (χ2v) is 13.6. The van der Waals surface area contributed by atoms with Crippen LogP contribution < -0.4 is 0 Å². The SMILES string of the molecule is CCCCC/C=C\C/C=C\CC(O)/C=C\C=C\CCCC(=O)OC[C@@H](O)COC(=O)CCCCCCCCCCCCCCCCCCC. The van der Waals surface area contributed by atoms with Crippen molar-refractivity contribution in [2.24, 2.45) is 0 Å². The number of rotatable bonds is 36. The first-order valence-electron chi connectivity index (χ1n) is 20.3. The molecule has 0 aliphatic heterocycles. The van der Waals surface area contributed by atoms with Crippen molar-refractivity contribution in [2.45, 2.75) is 199 Å². The van der Waals surface area contributed by atoms with Crippen LogP contribution in [0.25, 0.3) is 0 Å². The van der Waals surface area contributed by atoms with Gasteiger partial charge in [-0.05, 0) is 44.9 Å². The molecule has 49 heavy (non-hydrogen) atoms. The van der Waals surface area contributed by atoms with Gasteiger partial charge in [-0.15, -0.1) is 0 Å². The van der Waals surface area contributed by atoms with E-state index in [2.05, 4.69) is 32.1 Å². The molecule has 2 N–H and O–H groups in total. The van der Waals surface area contributed by atoms with Crippen LogP contribution in [0.1, 0.15) is 187 Å². The highest BCUT2D eigenvalue weighted by molar-refractivity contribution is 5.69. The van der Waals surface area contributed by atoms with E-state index >= 15 is 0 Å². The molecular weight excluding hydrogens is 612 g/mol. The maximum absolute atomic E-state index is 12.0. The van der Waals surface area contributed by atoms with Crippen molar-refractivity contribution < 1.29 is 29.3 Å². The van der Waals surface area contributed by atoms with Crippen molar-refractivity contribution in [1.82, 2.24) is 0 Å². The van der Waals surface area contributed by atoms with Gasteiger partial charge in [0.25, 0.3) is 0 Å². The Morgan fingerprint density at radius 2 is 0.959 bits per heavy atom. The van der Waals surface area contributed by atoms with Crippen LogP contribution in [0.5, 0.6) is 0 Å². The first-order chi connectivity index (χ1) is 24.0. The highest BCUT2D eigenvalue weighted by Gasteiger charge is 2.12. The number of aliphatic hydroxyl groups is 2. The summed E-state index contributed by atoms with van der Waals surface area (Å²) in [4.78, 5) is 23.9. The number of hydrogen-bond donors (Lipinski definition) is 2. The molecule has 0 spiro atoms. The summed E-state index contributed by atoms with van der Waals surface area (Å²) in [5, 5.41) is 20.0. The molecule has 284 valence electrons. The minimum atomic E-state index is -1.01. The lowest BCUT2D eigenvalue weighted by Gasteiger charge is -2.12. The Morgan fingerprint density at radius 3 is 1.51 bits per heavy atom. The van der Waals surface area contributed by atoms with Gasteiger partial charge in [0.2, 0.25) is 0 Å². The number of carbonyl (C=O) groups is 2. The molecule has 0 aliphatic rings. The smallest absolute Gasteiger partial charge is 0.305 e. The second kappa shape index (κ2) is 38.6. The van der Waals surface area contributed by atoms with E-state index in [1.807, 2.05) is 24.3 Å². The van der Waals surface area contributed by atoms with E-state index in [4.69, 9.17) is 9.47 Å². The molecule has 0 heterocycles. The van der Waals surface area contributed by atoms with Gasteiger partial charge in [-0.1, -0.05) is 178 Å². The number of ether oxygens (including phenoxy) is 2. The number of hydrogen-bond acceptors (Lipinski definition) is 6. The van der Waals surface area contributed by atoms with E-state index in [1.165, 1.54) is 109 Å². The fourth-order valence-corrected chi connectivity index (χ4v) is 5.51. The lowest BCUT2D eigenvalue weighted by molar-refractivity contribution is -0.152. The van der Waals surface area contributed by atoms with Gasteiger partial charge in [0.05, 0.1) is 6.10 Å². The third-order valence-corrected chi connectivity index (χ3v) is 8.65. The standard InChI is InChI=1S/C43H76O6/c1-3-5-7-9-11-13-14-15-16-17-18-19-20-22-24-28-32-36-42(46)48-38-41(45)39-49-43(47)37-33-29-25-27-31-35-40(44)34-30-26-23-21-12-10-8-6-4-2/h12,21,25-27,30-31,35,40-41,44-45H,3-11,13-20,22-24,28-29,32-34,36-39H2,1-2H3/b21-12-,27-25+,30-26-,35-31-/t40?,41-/m0/s1. The fraction of sp³-hybridized carbons (Fsp3) is 0.767. The van der Waals surface area contributed by atoms with Crippen LogP contribution >= 0.6 is 0 Å². The van der Waals surface area contributed by atoms with Crippen LogP contribution in [0.3, 0.4) is 0 Å². The van der Waals surface area contributed by atoms with Gasteiger partial charge in [-0.25, -0.2) is 0 Å². The number of unbranched alkanes of at least 4 members (excludes halogenated alkanes) is 20. The van der Waals surface area contributed by atoms with Crippen LogP contribution in [0.4, 0.5) is 0 Å². The van der Waals surface area contributed by atoms with Crippen molar-refractivity contribution in [1.29, 1.82) is 0 Å². The highest BCUT2D eigenvalue weighted by Crippen LogP contribution is 2.14. The molecule has 0 aliphatic carbocycles. The average Bonchev–Trinajstić information content (AvgIpc) is 3.10. The number of esters is 2. The molecule has 2 atom stereocenters. The topological polar surface area (TPSA) is 93.1 Å². The molecule has 0 aromatic rings. The summed E-state index contributed by atoms with van der Waals surface area (Å²) in [7, 11) is 0. The number of aliphatic hydroxyl groups excluding tert-OH is 2. The quantitative estimate of drug-likeness (QED) is 0.0294. The molecule has 1 unspecified atom stereocenters. The van der Waals surface area contributed by atoms with Gasteiger partial charge in [-0.3, -0.25) is 9.59 Å². The summed E-state index contributed by atoms with van der Waals surface area (Å²) in [6, 6.07) is 0. The van der Waals surface area contributed by atoms with E-state index < -0.39 is 12.2 Å². The van der Waals surface area contributed by atoms with Crippen molar-refractivity contribution in [3.05, 3.63) is 48.6 Å². The Bertz CT molecular complexity index is 845.